The second kappa shape index (κ2) is 9.15. The van der Waals surface area contributed by atoms with Gasteiger partial charge in [0.1, 0.15) is 12.4 Å². The topological polar surface area (TPSA) is 69.7 Å². The van der Waals surface area contributed by atoms with Crippen LogP contribution in [0.25, 0.3) is 6.08 Å². The SMILES string of the molecule is Cc1ccc(NC(=O)CN2C(=O)S/C(=C/c3cc4c(cc3F)N(C)C(C)(C)CC4C)C2=O)c(C)c1. The van der Waals surface area contributed by atoms with Gasteiger partial charge < -0.3 is 10.2 Å². The maximum atomic E-state index is 15.1. The largest absolute Gasteiger partial charge is 0.369 e. The number of imide groups is 1. The fourth-order valence-electron chi connectivity index (χ4n) is 4.78. The first-order chi connectivity index (χ1) is 16.4. The van der Waals surface area contributed by atoms with Gasteiger partial charge in [-0.25, -0.2) is 4.39 Å². The number of amides is 3. The molecule has 2 aliphatic rings. The number of aryl methyl sites for hydroxylation is 2. The number of nitrogens with zero attached hydrogens (tertiary/aromatic N) is 2. The van der Waals surface area contributed by atoms with Crippen LogP contribution in [0.5, 0.6) is 0 Å². The standard InChI is InChI=1S/C27H30FN3O3S/c1-15-7-8-21(16(2)9-15)29-24(32)14-31-25(33)23(35-26(31)34)11-18-10-19-17(3)13-27(4,5)30(6)22(19)12-20(18)28/h7-12,17H,13-14H2,1-6H3,(H,29,32)/b23-11+. The number of anilines is 2. The third-order valence-electron chi connectivity index (χ3n) is 6.87. The summed E-state index contributed by atoms with van der Waals surface area (Å²) in [7, 11) is 1.96. The minimum absolute atomic E-state index is 0.0965. The average Bonchev–Trinajstić information content (AvgIpc) is 3.02. The molecule has 6 nitrogen and oxygen atoms in total. The van der Waals surface area contributed by atoms with Crippen molar-refractivity contribution in [2.24, 2.45) is 0 Å². The molecule has 4 rings (SSSR count). The monoisotopic (exact) mass is 495 g/mol. The highest BCUT2D eigenvalue weighted by Crippen LogP contribution is 2.44. The Morgan fingerprint density at radius 2 is 1.94 bits per heavy atom. The number of halogens is 1. The third kappa shape index (κ3) is 4.85. The van der Waals surface area contributed by atoms with E-state index in [1.165, 1.54) is 12.1 Å². The van der Waals surface area contributed by atoms with Crippen LogP contribution in [-0.4, -0.2) is 41.1 Å². The summed E-state index contributed by atoms with van der Waals surface area (Å²) in [6.45, 7) is 9.79. The summed E-state index contributed by atoms with van der Waals surface area (Å²) >= 11 is 0.719. The van der Waals surface area contributed by atoms with Crippen LogP contribution in [0.2, 0.25) is 0 Å². The lowest BCUT2D eigenvalue weighted by Gasteiger charge is -2.45. The number of carbonyl (C=O) groups is 3. The quantitative estimate of drug-likeness (QED) is 0.540. The lowest BCUT2D eigenvalue weighted by molar-refractivity contribution is -0.127. The fourth-order valence-corrected chi connectivity index (χ4v) is 5.61. The molecule has 0 saturated carbocycles. The van der Waals surface area contributed by atoms with Gasteiger partial charge in [0.25, 0.3) is 11.1 Å². The molecule has 2 heterocycles. The second-order valence-electron chi connectivity index (χ2n) is 10.0. The predicted octanol–water partition coefficient (Wildman–Crippen LogP) is 5.84. The maximum Gasteiger partial charge on any atom is 0.294 e. The van der Waals surface area contributed by atoms with Gasteiger partial charge in [-0.1, -0.05) is 24.6 Å². The number of carbonyl (C=O) groups excluding carboxylic acids is 3. The molecule has 0 aliphatic carbocycles. The third-order valence-corrected chi connectivity index (χ3v) is 7.78. The Morgan fingerprint density at radius 1 is 1.23 bits per heavy atom. The van der Waals surface area contributed by atoms with Crippen molar-refractivity contribution in [2.75, 3.05) is 23.8 Å². The minimum atomic E-state index is -0.598. The zero-order valence-electron chi connectivity index (χ0n) is 20.9. The molecule has 8 heteroatoms. The van der Waals surface area contributed by atoms with Crippen LogP contribution in [0.1, 0.15) is 55.4 Å². The minimum Gasteiger partial charge on any atom is -0.369 e. The van der Waals surface area contributed by atoms with E-state index in [2.05, 4.69) is 31.0 Å². The van der Waals surface area contributed by atoms with Crippen molar-refractivity contribution >= 4 is 46.3 Å². The van der Waals surface area contributed by atoms with Crippen LogP contribution in [0.3, 0.4) is 0 Å². The molecular formula is C27H30FN3O3S. The molecule has 0 spiro atoms. The van der Waals surface area contributed by atoms with Crippen molar-refractivity contribution in [1.82, 2.24) is 4.90 Å². The number of benzene rings is 2. The van der Waals surface area contributed by atoms with Crippen molar-refractivity contribution in [1.29, 1.82) is 0 Å². The lowest BCUT2D eigenvalue weighted by Crippen LogP contribution is -2.45. The molecule has 1 N–H and O–H groups in total. The number of hydrogen-bond acceptors (Lipinski definition) is 5. The van der Waals surface area contributed by atoms with Gasteiger partial charge >= 0.3 is 0 Å². The molecule has 0 radical (unpaired) electrons. The first-order valence-electron chi connectivity index (χ1n) is 11.6. The van der Waals surface area contributed by atoms with Gasteiger partial charge in [-0.3, -0.25) is 19.3 Å². The smallest absolute Gasteiger partial charge is 0.294 e. The van der Waals surface area contributed by atoms with Crippen molar-refractivity contribution in [3.63, 3.8) is 0 Å². The lowest BCUT2D eigenvalue weighted by atomic mass is 9.80. The van der Waals surface area contributed by atoms with Crippen molar-refractivity contribution in [3.05, 3.63) is 63.3 Å². The molecule has 1 atom stereocenters. The Hall–Kier alpha value is -3.13. The molecule has 2 aliphatic heterocycles. The molecule has 1 fully saturated rings. The zero-order valence-corrected chi connectivity index (χ0v) is 21.7. The van der Waals surface area contributed by atoms with Gasteiger partial charge in [-0.15, -0.1) is 0 Å². The number of fused-ring (bicyclic) bond motifs is 1. The highest BCUT2D eigenvalue weighted by molar-refractivity contribution is 8.18. The molecule has 2 aromatic carbocycles. The summed E-state index contributed by atoms with van der Waals surface area (Å²) in [5, 5.41) is 2.20. The summed E-state index contributed by atoms with van der Waals surface area (Å²) < 4.78 is 15.1. The van der Waals surface area contributed by atoms with Crippen LogP contribution in [0, 0.1) is 19.7 Å². The number of thioether (sulfide) groups is 1. The summed E-state index contributed by atoms with van der Waals surface area (Å²) in [6, 6.07) is 8.86. The van der Waals surface area contributed by atoms with Gasteiger partial charge in [0.05, 0.1) is 4.91 Å². The van der Waals surface area contributed by atoms with E-state index in [9.17, 15) is 14.4 Å². The van der Waals surface area contributed by atoms with Crippen LogP contribution in [-0.2, 0) is 9.59 Å². The van der Waals surface area contributed by atoms with Gasteiger partial charge in [0.2, 0.25) is 5.91 Å². The first-order valence-corrected chi connectivity index (χ1v) is 12.4. The maximum absolute atomic E-state index is 15.1. The summed E-state index contributed by atoms with van der Waals surface area (Å²) in [6.07, 6.45) is 2.32. The molecule has 2 aromatic rings. The molecule has 3 amide bonds. The van der Waals surface area contributed by atoms with E-state index in [1.807, 2.05) is 33.0 Å². The van der Waals surface area contributed by atoms with Crippen LogP contribution < -0.4 is 10.2 Å². The molecular weight excluding hydrogens is 465 g/mol. The highest BCUT2D eigenvalue weighted by atomic mass is 32.2. The van der Waals surface area contributed by atoms with Gasteiger partial charge in [-0.05, 0) is 87.2 Å². The number of nitrogens with one attached hydrogen (secondary N) is 1. The Labute approximate surface area is 209 Å². The van der Waals surface area contributed by atoms with E-state index in [0.29, 0.717) is 5.69 Å². The second-order valence-corrected chi connectivity index (χ2v) is 11.0. The molecule has 184 valence electrons. The van der Waals surface area contributed by atoms with Crippen molar-refractivity contribution in [3.8, 4) is 0 Å². The van der Waals surface area contributed by atoms with Gasteiger partial charge in [0, 0.05) is 29.5 Å². The average molecular weight is 496 g/mol. The van der Waals surface area contributed by atoms with E-state index in [0.717, 1.165) is 45.5 Å². The summed E-state index contributed by atoms with van der Waals surface area (Å²) in [5.74, 6) is -1.31. The number of rotatable bonds is 4. The van der Waals surface area contributed by atoms with Crippen LogP contribution in [0.15, 0.2) is 35.2 Å². The van der Waals surface area contributed by atoms with E-state index in [4.69, 9.17) is 0 Å². The van der Waals surface area contributed by atoms with Gasteiger partial charge in [-0.2, -0.15) is 0 Å². The molecule has 1 unspecified atom stereocenters. The number of hydrogen-bond donors (Lipinski definition) is 1. The zero-order chi connectivity index (χ0) is 25.7. The van der Waals surface area contributed by atoms with E-state index >= 15 is 4.39 Å². The first kappa shape index (κ1) is 25.0. The summed E-state index contributed by atoms with van der Waals surface area (Å²) in [5.41, 5.74) is 4.58. The Kier molecular flexibility index (Phi) is 6.53. The normalized spacial score (nSPS) is 20.4. The van der Waals surface area contributed by atoms with Crippen LogP contribution in [0.4, 0.5) is 20.6 Å². The predicted molar refractivity (Wildman–Crippen MR) is 139 cm³/mol. The fraction of sp³-hybridized carbons (Fsp3) is 0.370. The Bertz CT molecular complexity index is 1270. The van der Waals surface area contributed by atoms with E-state index in [1.54, 1.807) is 12.1 Å². The van der Waals surface area contributed by atoms with Gasteiger partial charge in [0.15, 0.2) is 0 Å². The van der Waals surface area contributed by atoms with Crippen molar-refractivity contribution in [2.45, 2.75) is 52.5 Å². The summed E-state index contributed by atoms with van der Waals surface area (Å²) in [4.78, 5) is 41.1. The Morgan fingerprint density at radius 3 is 2.63 bits per heavy atom. The van der Waals surface area contributed by atoms with Crippen molar-refractivity contribution < 1.29 is 18.8 Å². The molecule has 1 saturated heterocycles. The molecule has 35 heavy (non-hydrogen) atoms. The molecule has 0 bridgehead atoms. The molecule has 0 aromatic heterocycles. The van der Waals surface area contributed by atoms with E-state index in [-0.39, 0.29) is 21.9 Å². The Balaban J connectivity index is 1.54. The van der Waals surface area contributed by atoms with E-state index < -0.39 is 29.4 Å². The van der Waals surface area contributed by atoms with Crippen LogP contribution >= 0.6 is 11.8 Å². The highest BCUT2D eigenvalue weighted by Gasteiger charge is 2.38.